The van der Waals surface area contributed by atoms with Gasteiger partial charge in [0.15, 0.2) is 11.2 Å². The minimum atomic E-state index is -0.440. The van der Waals surface area contributed by atoms with Gasteiger partial charge in [-0.1, -0.05) is 0 Å². The number of rotatable bonds is 4. The van der Waals surface area contributed by atoms with Gasteiger partial charge in [-0.05, 0) is 20.8 Å². The van der Waals surface area contributed by atoms with Crippen LogP contribution in [0.1, 0.15) is 20.8 Å². The molecular weight excluding hydrogens is 246 g/mol. The fraction of sp³-hybridized carbons (Fsp3) is 0.583. The molecule has 0 spiro atoms. The number of aromatic amines is 1. The highest BCUT2D eigenvalue weighted by molar-refractivity contribution is 5.74. The zero-order chi connectivity index (χ0) is 14.2. The Labute approximate surface area is 110 Å². The van der Waals surface area contributed by atoms with Crippen LogP contribution in [0.5, 0.6) is 0 Å². The van der Waals surface area contributed by atoms with E-state index in [9.17, 15) is 9.59 Å². The summed E-state index contributed by atoms with van der Waals surface area (Å²) in [6.07, 6.45) is 0. The van der Waals surface area contributed by atoms with Crippen molar-refractivity contribution in [3.05, 3.63) is 20.8 Å². The molecule has 0 saturated heterocycles. The molecule has 0 radical (unpaired) electrons. The molecule has 0 amide bonds. The molecule has 2 rings (SSSR count). The van der Waals surface area contributed by atoms with Gasteiger partial charge in [0, 0.05) is 26.7 Å². The zero-order valence-electron chi connectivity index (χ0n) is 11.7. The average Bonchev–Trinajstić information content (AvgIpc) is 2.77. The first-order valence-corrected chi connectivity index (χ1v) is 6.49. The van der Waals surface area contributed by atoms with Crippen molar-refractivity contribution < 1.29 is 0 Å². The monoisotopic (exact) mass is 265 g/mol. The van der Waals surface area contributed by atoms with Crippen LogP contribution in [0.25, 0.3) is 11.2 Å². The number of nitrogens with one attached hydrogen (secondary N) is 1. The molecule has 0 bridgehead atoms. The molecule has 2 aromatic heterocycles. The first-order valence-electron chi connectivity index (χ1n) is 6.49. The molecule has 0 fully saturated rings. The highest BCUT2D eigenvalue weighted by atomic mass is 16.2. The van der Waals surface area contributed by atoms with Gasteiger partial charge in [-0.3, -0.25) is 14.3 Å². The normalized spacial score (nSPS) is 11.2. The first-order chi connectivity index (χ1) is 9.04. The molecule has 19 heavy (non-hydrogen) atoms. The van der Waals surface area contributed by atoms with Crippen LogP contribution in [0.15, 0.2) is 9.59 Å². The lowest BCUT2D eigenvalue weighted by molar-refractivity contribution is 0.725. The van der Waals surface area contributed by atoms with Crippen molar-refractivity contribution in [3.8, 4) is 0 Å². The molecule has 2 aromatic rings. The molecule has 1 N–H and O–H groups in total. The molecular formula is C12H19N5O2. The predicted octanol–water partition coefficient (Wildman–Crippen LogP) is 0.289. The lowest BCUT2D eigenvalue weighted by atomic mass is 10.5. The van der Waals surface area contributed by atoms with Crippen LogP contribution < -0.4 is 16.1 Å². The van der Waals surface area contributed by atoms with Crippen molar-refractivity contribution in [1.29, 1.82) is 0 Å². The van der Waals surface area contributed by atoms with E-state index < -0.39 is 5.69 Å². The van der Waals surface area contributed by atoms with Gasteiger partial charge in [-0.25, -0.2) is 4.79 Å². The lowest BCUT2D eigenvalue weighted by Crippen LogP contribution is -2.29. The number of anilines is 1. The van der Waals surface area contributed by atoms with Gasteiger partial charge in [0.05, 0.1) is 0 Å². The Bertz CT molecular complexity index is 705. The van der Waals surface area contributed by atoms with E-state index in [1.54, 1.807) is 7.05 Å². The third kappa shape index (κ3) is 1.94. The fourth-order valence-corrected chi connectivity index (χ4v) is 2.27. The fourth-order valence-electron chi connectivity index (χ4n) is 2.27. The van der Waals surface area contributed by atoms with Crippen LogP contribution in [0.4, 0.5) is 5.95 Å². The van der Waals surface area contributed by atoms with E-state index in [1.165, 1.54) is 4.57 Å². The number of aryl methyl sites for hydroxylation is 2. The van der Waals surface area contributed by atoms with Crippen LogP contribution in [0, 0.1) is 0 Å². The smallest absolute Gasteiger partial charge is 0.329 e. The molecule has 0 aliphatic heterocycles. The quantitative estimate of drug-likeness (QED) is 0.862. The second-order valence-electron chi connectivity index (χ2n) is 4.32. The maximum Gasteiger partial charge on any atom is 0.329 e. The average molecular weight is 265 g/mol. The molecule has 7 nitrogen and oxygen atoms in total. The third-order valence-electron chi connectivity index (χ3n) is 3.35. The minimum Gasteiger partial charge on any atom is -0.343 e. The topological polar surface area (TPSA) is 75.9 Å². The van der Waals surface area contributed by atoms with Crippen LogP contribution in [-0.4, -0.2) is 32.2 Å². The van der Waals surface area contributed by atoms with Crippen molar-refractivity contribution >= 4 is 17.1 Å². The van der Waals surface area contributed by atoms with E-state index in [-0.39, 0.29) is 5.56 Å². The second kappa shape index (κ2) is 4.91. The molecule has 0 atom stereocenters. The van der Waals surface area contributed by atoms with Gasteiger partial charge in [0.25, 0.3) is 5.56 Å². The molecule has 0 aliphatic rings. The Morgan fingerprint density at radius 3 is 2.37 bits per heavy atom. The highest BCUT2D eigenvalue weighted by Gasteiger charge is 2.18. The summed E-state index contributed by atoms with van der Waals surface area (Å²) in [5.74, 6) is 0.731. The number of H-pyrrole nitrogens is 1. The van der Waals surface area contributed by atoms with Crippen LogP contribution >= 0.6 is 0 Å². The van der Waals surface area contributed by atoms with Crippen LogP contribution in [0.2, 0.25) is 0 Å². The Kier molecular flexibility index (Phi) is 3.46. The summed E-state index contributed by atoms with van der Waals surface area (Å²) in [7, 11) is 1.61. The third-order valence-corrected chi connectivity index (χ3v) is 3.35. The molecule has 0 saturated carbocycles. The number of aromatic nitrogens is 4. The summed E-state index contributed by atoms with van der Waals surface area (Å²) in [6.45, 7) is 8.25. The van der Waals surface area contributed by atoms with Gasteiger partial charge >= 0.3 is 5.69 Å². The summed E-state index contributed by atoms with van der Waals surface area (Å²) in [4.78, 5) is 32.5. The maximum absolute atomic E-state index is 12.0. The molecule has 0 aliphatic carbocycles. The van der Waals surface area contributed by atoms with E-state index in [1.807, 2.05) is 25.3 Å². The summed E-state index contributed by atoms with van der Waals surface area (Å²) in [5.41, 5.74) is 0.0548. The summed E-state index contributed by atoms with van der Waals surface area (Å²) in [5, 5.41) is 0. The second-order valence-corrected chi connectivity index (χ2v) is 4.32. The Morgan fingerprint density at radius 1 is 1.21 bits per heavy atom. The van der Waals surface area contributed by atoms with E-state index in [4.69, 9.17) is 0 Å². The standard InChI is InChI=1S/C12H19N5O2/c1-5-16(6-2)11-13-9-8(17(11)7-3)10(18)14-12(19)15(9)4/h5-7H2,1-4H3,(H,14,18,19). The van der Waals surface area contributed by atoms with Crippen LogP contribution in [0.3, 0.4) is 0 Å². The van der Waals surface area contributed by atoms with Crippen molar-refractivity contribution in [3.63, 3.8) is 0 Å². The van der Waals surface area contributed by atoms with Gasteiger partial charge in [0.1, 0.15) is 0 Å². The highest BCUT2D eigenvalue weighted by Crippen LogP contribution is 2.18. The number of fused-ring (bicyclic) bond motifs is 1. The zero-order valence-corrected chi connectivity index (χ0v) is 11.7. The summed E-state index contributed by atoms with van der Waals surface area (Å²) >= 11 is 0. The predicted molar refractivity (Wildman–Crippen MR) is 74.8 cm³/mol. The van der Waals surface area contributed by atoms with Crippen LogP contribution in [-0.2, 0) is 13.6 Å². The molecule has 2 heterocycles. The van der Waals surface area contributed by atoms with E-state index in [2.05, 4.69) is 14.9 Å². The van der Waals surface area contributed by atoms with Gasteiger partial charge < -0.3 is 9.47 Å². The molecule has 0 aromatic carbocycles. The summed E-state index contributed by atoms with van der Waals surface area (Å²) in [6, 6.07) is 0. The van der Waals surface area contributed by atoms with E-state index in [0.717, 1.165) is 19.0 Å². The number of imidazole rings is 1. The number of hydrogen-bond acceptors (Lipinski definition) is 4. The molecule has 0 unspecified atom stereocenters. The van der Waals surface area contributed by atoms with Gasteiger partial charge in [-0.2, -0.15) is 4.98 Å². The Hall–Kier alpha value is -2.05. The van der Waals surface area contributed by atoms with Crippen molar-refractivity contribution in [2.75, 3.05) is 18.0 Å². The van der Waals surface area contributed by atoms with E-state index >= 15 is 0 Å². The lowest BCUT2D eigenvalue weighted by Gasteiger charge is -2.20. The number of hydrogen-bond donors (Lipinski definition) is 1. The SMILES string of the molecule is CCN(CC)c1nc2c(c(=O)[nH]c(=O)n2C)n1CC. The summed E-state index contributed by atoms with van der Waals surface area (Å²) < 4.78 is 3.22. The van der Waals surface area contributed by atoms with Crippen molar-refractivity contribution in [2.24, 2.45) is 7.05 Å². The molecule has 104 valence electrons. The van der Waals surface area contributed by atoms with Gasteiger partial charge in [0.2, 0.25) is 5.95 Å². The Morgan fingerprint density at radius 2 is 1.84 bits per heavy atom. The maximum atomic E-state index is 12.0. The Balaban J connectivity index is 2.89. The molecule has 7 heteroatoms. The largest absolute Gasteiger partial charge is 0.343 e. The van der Waals surface area contributed by atoms with E-state index in [0.29, 0.717) is 17.7 Å². The minimum absolute atomic E-state index is 0.383. The van der Waals surface area contributed by atoms with Gasteiger partial charge in [-0.15, -0.1) is 0 Å². The van der Waals surface area contributed by atoms with Crippen molar-refractivity contribution in [1.82, 2.24) is 19.1 Å². The van der Waals surface area contributed by atoms with Crippen molar-refractivity contribution in [2.45, 2.75) is 27.3 Å². The number of nitrogens with zero attached hydrogens (tertiary/aromatic N) is 4. The first kappa shape index (κ1) is 13.4.